The van der Waals surface area contributed by atoms with Crippen molar-refractivity contribution in [1.29, 1.82) is 0 Å². The molecular weight excluding hydrogens is 298 g/mol. The Morgan fingerprint density at radius 3 is 2.30 bits per heavy atom. The minimum absolute atomic E-state index is 0.202. The first-order valence-electron chi connectivity index (χ1n) is 8.76. The summed E-state index contributed by atoms with van der Waals surface area (Å²) >= 11 is 1.98. The molecule has 1 aliphatic rings. The first-order chi connectivity index (χ1) is 11.0. The second kappa shape index (κ2) is 7.09. The molecule has 1 aliphatic carbocycles. The van der Waals surface area contributed by atoms with Crippen molar-refractivity contribution in [1.82, 2.24) is 4.98 Å². The molecule has 0 spiro atoms. The van der Waals surface area contributed by atoms with Crippen molar-refractivity contribution in [3.8, 4) is 11.1 Å². The standard InChI is InChI=1S/C21H27NS/c1-21(2,3)17-13-11-16(12-14-17)19-10-7-15-22-20(19)23-18-8-5-4-6-9-18/h7,10-15,18H,4-6,8-9H2,1-3H3. The zero-order chi connectivity index (χ0) is 16.3. The Balaban J connectivity index is 1.84. The molecule has 122 valence electrons. The number of rotatable bonds is 3. The second-order valence-electron chi connectivity index (χ2n) is 7.56. The van der Waals surface area contributed by atoms with Crippen LogP contribution in [0.25, 0.3) is 11.1 Å². The maximum atomic E-state index is 4.68. The van der Waals surface area contributed by atoms with Crippen LogP contribution in [0.4, 0.5) is 0 Å². The highest BCUT2D eigenvalue weighted by atomic mass is 32.2. The van der Waals surface area contributed by atoms with E-state index in [9.17, 15) is 0 Å². The molecule has 2 heteroatoms. The van der Waals surface area contributed by atoms with E-state index in [1.54, 1.807) is 0 Å². The quantitative estimate of drug-likeness (QED) is 0.641. The zero-order valence-corrected chi connectivity index (χ0v) is 15.3. The number of hydrogen-bond acceptors (Lipinski definition) is 2. The molecule has 23 heavy (non-hydrogen) atoms. The van der Waals surface area contributed by atoms with Gasteiger partial charge in [0.05, 0.1) is 0 Å². The van der Waals surface area contributed by atoms with E-state index in [1.807, 2.05) is 18.0 Å². The highest BCUT2D eigenvalue weighted by Crippen LogP contribution is 2.37. The third-order valence-electron chi connectivity index (χ3n) is 4.66. The Morgan fingerprint density at radius 2 is 1.65 bits per heavy atom. The van der Waals surface area contributed by atoms with Gasteiger partial charge in [-0.05, 0) is 35.4 Å². The van der Waals surface area contributed by atoms with E-state index in [1.165, 1.54) is 53.8 Å². The van der Waals surface area contributed by atoms with Crippen molar-refractivity contribution >= 4 is 11.8 Å². The average Bonchev–Trinajstić information content (AvgIpc) is 2.56. The monoisotopic (exact) mass is 325 g/mol. The molecule has 2 aromatic rings. The van der Waals surface area contributed by atoms with Gasteiger partial charge in [0, 0.05) is 17.0 Å². The highest BCUT2D eigenvalue weighted by molar-refractivity contribution is 8.00. The Labute approximate surface area is 144 Å². The van der Waals surface area contributed by atoms with Crippen LogP contribution in [0.3, 0.4) is 0 Å². The van der Waals surface area contributed by atoms with Crippen LogP contribution in [-0.4, -0.2) is 10.2 Å². The van der Waals surface area contributed by atoms with Gasteiger partial charge in [0.1, 0.15) is 5.03 Å². The average molecular weight is 326 g/mol. The lowest BCUT2D eigenvalue weighted by Crippen LogP contribution is -2.10. The number of pyridine rings is 1. The number of hydrogen-bond donors (Lipinski definition) is 0. The topological polar surface area (TPSA) is 12.9 Å². The van der Waals surface area contributed by atoms with Gasteiger partial charge in [0.2, 0.25) is 0 Å². The van der Waals surface area contributed by atoms with E-state index in [2.05, 4.69) is 62.2 Å². The number of aromatic nitrogens is 1. The van der Waals surface area contributed by atoms with Gasteiger partial charge >= 0.3 is 0 Å². The summed E-state index contributed by atoms with van der Waals surface area (Å²) in [7, 11) is 0. The number of thioether (sulfide) groups is 1. The lowest BCUT2D eigenvalue weighted by Gasteiger charge is -2.22. The molecule has 1 heterocycles. The Kier molecular flexibility index (Phi) is 5.11. The van der Waals surface area contributed by atoms with Gasteiger partial charge in [0.15, 0.2) is 0 Å². The fourth-order valence-electron chi connectivity index (χ4n) is 3.20. The van der Waals surface area contributed by atoms with Gasteiger partial charge in [-0.1, -0.05) is 70.4 Å². The van der Waals surface area contributed by atoms with Crippen LogP contribution in [0, 0.1) is 0 Å². The summed E-state index contributed by atoms with van der Waals surface area (Å²) in [5.41, 5.74) is 4.15. The summed E-state index contributed by atoms with van der Waals surface area (Å²) in [6, 6.07) is 13.3. The molecule has 0 aliphatic heterocycles. The molecule has 0 saturated heterocycles. The van der Waals surface area contributed by atoms with Crippen LogP contribution in [-0.2, 0) is 5.41 Å². The van der Waals surface area contributed by atoms with Gasteiger partial charge in [-0.25, -0.2) is 4.98 Å². The van der Waals surface area contributed by atoms with Crippen molar-refractivity contribution in [2.75, 3.05) is 0 Å². The minimum Gasteiger partial charge on any atom is -0.249 e. The molecule has 1 nitrogen and oxygen atoms in total. The van der Waals surface area contributed by atoms with Crippen LogP contribution in [0.2, 0.25) is 0 Å². The van der Waals surface area contributed by atoms with Crippen molar-refractivity contribution in [2.24, 2.45) is 0 Å². The van der Waals surface area contributed by atoms with E-state index in [0.29, 0.717) is 0 Å². The van der Waals surface area contributed by atoms with E-state index < -0.39 is 0 Å². The van der Waals surface area contributed by atoms with Gasteiger partial charge in [-0.3, -0.25) is 0 Å². The van der Waals surface area contributed by atoms with Crippen molar-refractivity contribution in [3.05, 3.63) is 48.2 Å². The molecule has 0 N–H and O–H groups in total. The van der Waals surface area contributed by atoms with Crippen molar-refractivity contribution in [3.63, 3.8) is 0 Å². The largest absolute Gasteiger partial charge is 0.249 e. The van der Waals surface area contributed by atoms with Crippen molar-refractivity contribution < 1.29 is 0 Å². The zero-order valence-electron chi connectivity index (χ0n) is 14.5. The molecule has 0 amide bonds. The van der Waals surface area contributed by atoms with Gasteiger partial charge in [0.25, 0.3) is 0 Å². The lowest BCUT2D eigenvalue weighted by molar-refractivity contribution is 0.516. The van der Waals surface area contributed by atoms with E-state index in [0.717, 1.165) is 5.25 Å². The maximum absolute atomic E-state index is 4.68. The molecule has 0 atom stereocenters. The first kappa shape index (κ1) is 16.6. The Morgan fingerprint density at radius 1 is 0.957 bits per heavy atom. The molecule has 0 radical (unpaired) electrons. The third kappa shape index (κ3) is 4.17. The van der Waals surface area contributed by atoms with Gasteiger partial charge < -0.3 is 0 Å². The predicted molar refractivity (Wildman–Crippen MR) is 101 cm³/mol. The second-order valence-corrected chi connectivity index (χ2v) is 8.85. The summed E-state index contributed by atoms with van der Waals surface area (Å²) in [4.78, 5) is 4.68. The molecule has 1 aromatic heterocycles. The number of benzene rings is 1. The fourth-order valence-corrected chi connectivity index (χ4v) is 4.51. The first-order valence-corrected chi connectivity index (χ1v) is 9.64. The van der Waals surface area contributed by atoms with Crippen LogP contribution in [0.1, 0.15) is 58.4 Å². The van der Waals surface area contributed by atoms with Crippen molar-refractivity contribution in [2.45, 2.75) is 68.6 Å². The normalized spacial score (nSPS) is 16.5. The number of nitrogens with zero attached hydrogens (tertiary/aromatic N) is 1. The SMILES string of the molecule is CC(C)(C)c1ccc(-c2cccnc2SC2CCCCC2)cc1. The third-order valence-corrected chi connectivity index (χ3v) is 6.02. The van der Waals surface area contributed by atoms with Crippen LogP contribution < -0.4 is 0 Å². The summed E-state index contributed by atoms with van der Waals surface area (Å²) < 4.78 is 0. The molecule has 1 fully saturated rings. The van der Waals surface area contributed by atoms with E-state index in [4.69, 9.17) is 0 Å². The lowest BCUT2D eigenvalue weighted by atomic mass is 9.86. The summed E-state index contributed by atoms with van der Waals surface area (Å²) in [5, 5.41) is 1.94. The Bertz CT molecular complexity index is 634. The summed E-state index contributed by atoms with van der Waals surface area (Å²) in [6.07, 6.45) is 8.76. The van der Waals surface area contributed by atoms with E-state index >= 15 is 0 Å². The maximum Gasteiger partial charge on any atom is 0.104 e. The molecule has 3 rings (SSSR count). The molecule has 1 saturated carbocycles. The summed E-state index contributed by atoms with van der Waals surface area (Å²) in [6.45, 7) is 6.78. The predicted octanol–water partition coefficient (Wildman–Crippen LogP) is 6.47. The highest BCUT2D eigenvalue weighted by Gasteiger charge is 2.18. The van der Waals surface area contributed by atoms with Crippen LogP contribution >= 0.6 is 11.8 Å². The van der Waals surface area contributed by atoms with Crippen LogP contribution in [0.15, 0.2) is 47.6 Å². The Hall–Kier alpha value is -1.28. The molecule has 0 unspecified atom stereocenters. The fraction of sp³-hybridized carbons (Fsp3) is 0.476. The van der Waals surface area contributed by atoms with Gasteiger partial charge in [-0.15, -0.1) is 11.8 Å². The van der Waals surface area contributed by atoms with E-state index in [-0.39, 0.29) is 5.41 Å². The summed E-state index contributed by atoms with van der Waals surface area (Å²) in [5.74, 6) is 0. The minimum atomic E-state index is 0.202. The molecule has 1 aromatic carbocycles. The molecule has 0 bridgehead atoms. The van der Waals surface area contributed by atoms with Crippen LogP contribution in [0.5, 0.6) is 0 Å². The molecular formula is C21H27NS. The smallest absolute Gasteiger partial charge is 0.104 e. The van der Waals surface area contributed by atoms with Gasteiger partial charge in [-0.2, -0.15) is 0 Å².